The summed E-state index contributed by atoms with van der Waals surface area (Å²) < 4.78 is 129. The molecular weight excluding hydrogens is 735 g/mol. The van der Waals surface area contributed by atoms with Crippen LogP contribution >= 0.6 is 34.8 Å². The lowest BCUT2D eigenvalue weighted by molar-refractivity contribution is -0.140. The fraction of sp³-hybridized carbons (Fsp3) is 0.231. The summed E-state index contributed by atoms with van der Waals surface area (Å²) in [4.78, 5) is 26.1. The van der Waals surface area contributed by atoms with E-state index in [1.165, 1.54) is 6.07 Å². The van der Waals surface area contributed by atoms with Crippen molar-refractivity contribution in [2.75, 3.05) is 26.9 Å². The zero-order chi connectivity index (χ0) is 34.7. The van der Waals surface area contributed by atoms with Gasteiger partial charge in [-0.2, -0.15) is 16.9 Å². The van der Waals surface area contributed by atoms with Gasteiger partial charge in [-0.1, -0.05) is 17.7 Å². The highest BCUT2D eigenvalue weighted by Crippen LogP contribution is 2.65. The van der Waals surface area contributed by atoms with E-state index in [1.54, 1.807) is 0 Å². The predicted molar refractivity (Wildman–Crippen MR) is 159 cm³/mol. The van der Waals surface area contributed by atoms with E-state index in [1.807, 2.05) is 5.32 Å². The van der Waals surface area contributed by atoms with Crippen molar-refractivity contribution in [3.8, 4) is 0 Å². The summed E-state index contributed by atoms with van der Waals surface area (Å²) in [6.45, 7) is 0. The average Bonchev–Trinajstić information content (AvgIpc) is 3.49. The van der Waals surface area contributed by atoms with Crippen LogP contribution in [0.3, 0.4) is 0 Å². The minimum atomic E-state index is -5.03. The number of nitrogens with zero attached hydrogens (tertiary/aromatic N) is 1. The molecule has 1 fully saturated rings. The summed E-state index contributed by atoms with van der Waals surface area (Å²) in [5.74, 6) is -9.48. The van der Waals surface area contributed by atoms with Crippen LogP contribution in [0.15, 0.2) is 48.5 Å². The number of halogens is 9. The third-order valence-electron chi connectivity index (χ3n) is 6.57. The van der Waals surface area contributed by atoms with Crippen LogP contribution in [0.5, 0.6) is 0 Å². The Bertz CT molecular complexity index is 1960. The maximum absolute atomic E-state index is 15.3. The number of anilines is 3. The van der Waals surface area contributed by atoms with Crippen LogP contribution in [0, 0.1) is 23.4 Å². The normalized spacial score (nSPS) is 17.7. The fourth-order valence-corrected chi connectivity index (χ4v) is 8.59. The summed E-state index contributed by atoms with van der Waals surface area (Å²) >= 11 is 18.5. The summed E-state index contributed by atoms with van der Waals surface area (Å²) in [5.41, 5.74) is -4.65. The summed E-state index contributed by atoms with van der Waals surface area (Å²) in [6.07, 6.45) is -4.26. The molecule has 1 aliphatic rings. The van der Waals surface area contributed by atoms with Crippen molar-refractivity contribution in [3.05, 3.63) is 87.7 Å². The second-order valence-corrected chi connectivity index (χ2v) is 15.7. The highest BCUT2D eigenvalue weighted by Gasteiger charge is 2.67. The van der Waals surface area contributed by atoms with E-state index in [0.29, 0.717) is 36.8 Å². The predicted octanol–water partition coefficient (Wildman–Crippen LogP) is 6.28. The largest absolute Gasteiger partial charge is 0.419 e. The first-order valence-corrected chi connectivity index (χ1v) is 17.1. The van der Waals surface area contributed by atoms with Gasteiger partial charge in [-0.15, -0.1) is 23.2 Å². The third kappa shape index (κ3) is 7.02. The molecule has 2 atom stereocenters. The van der Waals surface area contributed by atoms with Crippen LogP contribution in [-0.4, -0.2) is 45.5 Å². The number of amides is 2. The maximum Gasteiger partial charge on any atom is 0.419 e. The molecule has 20 heteroatoms. The van der Waals surface area contributed by atoms with Gasteiger partial charge in [0.1, 0.15) is 15.8 Å². The second-order valence-electron chi connectivity index (χ2n) is 9.99. The van der Waals surface area contributed by atoms with Gasteiger partial charge in [0.15, 0.2) is 11.6 Å². The molecule has 0 spiro atoms. The molecule has 0 bridgehead atoms. The van der Waals surface area contributed by atoms with Gasteiger partial charge in [0.25, 0.3) is 5.91 Å². The quantitative estimate of drug-likeness (QED) is 0.206. The molecule has 2 N–H and O–H groups in total. The molecule has 46 heavy (non-hydrogen) atoms. The standard InChI is InChI=1S/C26H18Cl3F6N3O6S2/c1-45(41,42)38(46(2,43)44)22-17(31)7-8-18(21(22)32)37-23(39)13-10-12(4-5-15(13)27)36-24(40)20-19(25(20,28)29)11-3-6-16(30)14(9-11)26(33,34)35/h3-10,19-20H,1-2H3,(H,36,40)(H,37,39)/t19-,20+/m0/s1. The number of benzene rings is 3. The van der Waals surface area contributed by atoms with Gasteiger partial charge in [0, 0.05) is 11.6 Å². The smallest absolute Gasteiger partial charge is 0.326 e. The minimum Gasteiger partial charge on any atom is -0.326 e. The van der Waals surface area contributed by atoms with Crippen molar-refractivity contribution in [3.63, 3.8) is 0 Å². The monoisotopic (exact) mass is 751 g/mol. The molecule has 0 saturated heterocycles. The summed E-state index contributed by atoms with van der Waals surface area (Å²) in [5, 5.41) is 4.13. The number of rotatable bonds is 8. The molecule has 1 saturated carbocycles. The second kappa shape index (κ2) is 12.1. The van der Waals surface area contributed by atoms with Crippen molar-refractivity contribution in [2.24, 2.45) is 5.92 Å². The fourth-order valence-electron chi connectivity index (χ4n) is 4.59. The molecule has 4 rings (SSSR count). The molecule has 9 nitrogen and oxygen atoms in total. The zero-order valence-corrected chi connectivity index (χ0v) is 26.8. The van der Waals surface area contributed by atoms with Crippen molar-refractivity contribution in [2.45, 2.75) is 16.4 Å². The van der Waals surface area contributed by atoms with Crippen LogP contribution < -0.4 is 14.3 Å². The van der Waals surface area contributed by atoms with Crippen LogP contribution in [-0.2, 0) is 31.0 Å². The van der Waals surface area contributed by atoms with Crippen molar-refractivity contribution >= 4 is 83.7 Å². The van der Waals surface area contributed by atoms with Crippen molar-refractivity contribution in [1.82, 2.24) is 0 Å². The van der Waals surface area contributed by atoms with E-state index < -0.39 is 97.9 Å². The lowest BCUT2D eigenvalue weighted by atomic mass is 10.0. The Morgan fingerprint density at radius 1 is 0.870 bits per heavy atom. The lowest BCUT2D eigenvalue weighted by Crippen LogP contribution is -2.36. The number of sulfonamides is 2. The first-order valence-electron chi connectivity index (χ1n) is 12.3. The van der Waals surface area contributed by atoms with Gasteiger partial charge in [0.2, 0.25) is 26.0 Å². The van der Waals surface area contributed by atoms with Crippen LogP contribution in [0.25, 0.3) is 0 Å². The van der Waals surface area contributed by atoms with E-state index in [2.05, 4.69) is 5.32 Å². The minimum absolute atomic E-state index is 0.120. The number of carbonyl (C=O) groups is 2. The van der Waals surface area contributed by atoms with Crippen LogP contribution in [0.4, 0.5) is 43.4 Å². The number of nitrogens with one attached hydrogen (secondary N) is 2. The first kappa shape index (κ1) is 35.6. The molecule has 0 heterocycles. The Kier molecular flexibility index (Phi) is 9.35. The van der Waals surface area contributed by atoms with E-state index in [9.17, 15) is 48.4 Å². The van der Waals surface area contributed by atoms with Crippen LogP contribution in [0.2, 0.25) is 5.02 Å². The molecule has 3 aromatic rings. The average molecular weight is 753 g/mol. The van der Waals surface area contributed by atoms with E-state index in [-0.39, 0.29) is 16.3 Å². The highest BCUT2D eigenvalue weighted by molar-refractivity contribution is 8.09. The molecule has 0 radical (unpaired) electrons. The van der Waals surface area contributed by atoms with Crippen molar-refractivity contribution < 1.29 is 52.8 Å². The molecule has 1 aliphatic carbocycles. The summed E-state index contributed by atoms with van der Waals surface area (Å²) in [7, 11) is -9.56. The SMILES string of the molecule is CS(=O)(=O)N(c1c(F)ccc(NC(=O)c2cc(NC(=O)[C@H]3[C@H](c4ccc(F)c(C(F)(F)F)c4)C3(Cl)Cl)ccc2Cl)c1F)S(C)(=O)=O. The lowest BCUT2D eigenvalue weighted by Gasteiger charge is -2.22. The highest BCUT2D eigenvalue weighted by atomic mass is 35.5. The number of carbonyl (C=O) groups excluding carboxylic acids is 2. The van der Waals surface area contributed by atoms with Gasteiger partial charge < -0.3 is 10.6 Å². The van der Waals surface area contributed by atoms with Gasteiger partial charge in [0.05, 0.1) is 40.3 Å². The van der Waals surface area contributed by atoms with E-state index in [0.717, 1.165) is 18.2 Å². The third-order valence-corrected chi connectivity index (χ3v) is 11.0. The Labute approximate surface area is 272 Å². The number of hydrogen-bond acceptors (Lipinski definition) is 6. The molecule has 0 aromatic heterocycles. The molecular formula is C26H18Cl3F6N3O6S2. The van der Waals surface area contributed by atoms with E-state index in [4.69, 9.17) is 34.8 Å². The summed E-state index contributed by atoms with van der Waals surface area (Å²) in [6, 6.07) is 6.57. The van der Waals surface area contributed by atoms with Gasteiger partial charge in [-0.25, -0.2) is 30.0 Å². The van der Waals surface area contributed by atoms with Gasteiger partial charge in [-0.3, -0.25) is 9.59 Å². The Balaban J connectivity index is 1.59. The number of alkyl halides is 5. The van der Waals surface area contributed by atoms with Crippen molar-refractivity contribution in [1.29, 1.82) is 0 Å². The van der Waals surface area contributed by atoms with Gasteiger partial charge >= 0.3 is 6.18 Å². The molecule has 248 valence electrons. The Morgan fingerprint density at radius 3 is 2.02 bits per heavy atom. The molecule has 0 aliphatic heterocycles. The van der Waals surface area contributed by atoms with Crippen LogP contribution in [0.1, 0.15) is 27.4 Å². The maximum atomic E-state index is 15.3. The molecule has 0 unspecified atom stereocenters. The topological polar surface area (TPSA) is 130 Å². The first-order chi connectivity index (χ1) is 21.0. The number of hydrogen-bond donors (Lipinski definition) is 2. The van der Waals surface area contributed by atoms with E-state index >= 15 is 4.39 Å². The van der Waals surface area contributed by atoms with Gasteiger partial charge in [-0.05, 0) is 48.0 Å². The molecule has 3 aromatic carbocycles. The Morgan fingerprint density at radius 2 is 1.46 bits per heavy atom. The molecule has 2 amide bonds. The Hall–Kier alpha value is -3.25. The zero-order valence-electron chi connectivity index (χ0n) is 22.9.